The van der Waals surface area contributed by atoms with Crippen molar-refractivity contribution in [1.29, 1.82) is 0 Å². The monoisotopic (exact) mass is 374 g/mol. The molecule has 1 aromatic rings. The zero-order chi connectivity index (χ0) is 19.1. The summed E-state index contributed by atoms with van der Waals surface area (Å²) in [5, 5.41) is 3.16. The van der Waals surface area contributed by atoms with E-state index in [4.69, 9.17) is 4.74 Å². The van der Waals surface area contributed by atoms with E-state index in [0.29, 0.717) is 5.92 Å². The molecule has 2 aliphatic rings. The van der Waals surface area contributed by atoms with Crippen molar-refractivity contribution in [2.24, 2.45) is 5.92 Å². The summed E-state index contributed by atoms with van der Waals surface area (Å²) >= 11 is 0. The van der Waals surface area contributed by atoms with Crippen molar-refractivity contribution in [3.05, 3.63) is 29.8 Å². The number of ether oxygens (including phenoxy) is 1. The van der Waals surface area contributed by atoms with E-state index in [9.17, 15) is 4.79 Å². The normalized spacial score (nSPS) is 21.4. The van der Waals surface area contributed by atoms with Gasteiger partial charge in [0.05, 0.1) is 7.11 Å². The van der Waals surface area contributed by atoms with Gasteiger partial charge in [-0.1, -0.05) is 25.1 Å². The van der Waals surface area contributed by atoms with Gasteiger partial charge in [0.2, 0.25) is 0 Å². The van der Waals surface area contributed by atoms with Crippen molar-refractivity contribution >= 4 is 6.03 Å². The average Bonchev–Trinajstić information content (AvgIpc) is 3.15. The first-order valence-electron chi connectivity index (χ1n) is 10.3. The van der Waals surface area contributed by atoms with Crippen molar-refractivity contribution in [3.8, 4) is 5.75 Å². The van der Waals surface area contributed by atoms with Gasteiger partial charge < -0.3 is 19.9 Å². The molecular weight excluding hydrogens is 340 g/mol. The highest BCUT2D eigenvalue weighted by Gasteiger charge is 2.25. The maximum Gasteiger partial charge on any atom is 0.317 e. The molecule has 0 bridgehead atoms. The molecule has 2 saturated heterocycles. The van der Waals surface area contributed by atoms with Crippen LogP contribution in [0.3, 0.4) is 0 Å². The third-order valence-electron chi connectivity index (χ3n) is 5.70. The highest BCUT2D eigenvalue weighted by Crippen LogP contribution is 2.20. The molecule has 0 radical (unpaired) electrons. The molecule has 6 heteroatoms. The van der Waals surface area contributed by atoms with E-state index in [1.165, 1.54) is 31.5 Å². The second-order valence-corrected chi connectivity index (χ2v) is 7.72. The predicted octanol–water partition coefficient (Wildman–Crippen LogP) is 2.25. The maximum atomic E-state index is 12.5. The fraction of sp³-hybridized carbons (Fsp3) is 0.667. The van der Waals surface area contributed by atoms with E-state index in [0.717, 1.165) is 51.6 Å². The summed E-state index contributed by atoms with van der Waals surface area (Å²) in [5.74, 6) is 1.54. The van der Waals surface area contributed by atoms with Crippen LogP contribution in [0.25, 0.3) is 0 Å². The fourth-order valence-corrected chi connectivity index (χ4v) is 4.13. The number of benzene rings is 1. The Bertz CT molecular complexity index is 602. The minimum atomic E-state index is 0.0980. The molecule has 3 rings (SSSR count). The Morgan fingerprint density at radius 3 is 2.67 bits per heavy atom. The first kappa shape index (κ1) is 20.0. The van der Waals surface area contributed by atoms with Gasteiger partial charge in [0.1, 0.15) is 5.75 Å². The molecule has 150 valence electrons. The second kappa shape index (κ2) is 9.95. The van der Waals surface area contributed by atoms with Crippen LogP contribution in [0.15, 0.2) is 24.3 Å². The van der Waals surface area contributed by atoms with Gasteiger partial charge in [-0.15, -0.1) is 0 Å². The SMILES string of the molecule is CCCN1CCC(CNC(=O)N2CCN(Cc3ccccc3OC)CC2)C1. The van der Waals surface area contributed by atoms with Gasteiger partial charge in [0, 0.05) is 51.4 Å². The zero-order valence-electron chi connectivity index (χ0n) is 16.8. The molecule has 6 nitrogen and oxygen atoms in total. The van der Waals surface area contributed by atoms with E-state index in [1.54, 1.807) is 7.11 Å². The predicted molar refractivity (Wildman–Crippen MR) is 108 cm³/mol. The van der Waals surface area contributed by atoms with E-state index in [-0.39, 0.29) is 6.03 Å². The van der Waals surface area contributed by atoms with Crippen molar-refractivity contribution in [3.63, 3.8) is 0 Å². The Morgan fingerprint density at radius 1 is 1.15 bits per heavy atom. The van der Waals surface area contributed by atoms with Gasteiger partial charge in [-0.25, -0.2) is 4.79 Å². The van der Waals surface area contributed by atoms with Crippen molar-refractivity contribution < 1.29 is 9.53 Å². The smallest absolute Gasteiger partial charge is 0.317 e. The third kappa shape index (κ3) is 5.59. The van der Waals surface area contributed by atoms with E-state index in [2.05, 4.69) is 28.1 Å². The number of carbonyl (C=O) groups is 1. The summed E-state index contributed by atoms with van der Waals surface area (Å²) in [6.45, 7) is 10.8. The Kier molecular flexibility index (Phi) is 7.35. The van der Waals surface area contributed by atoms with Gasteiger partial charge in [0.15, 0.2) is 0 Å². The van der Waals surface area contributed by atoms with E-state index < -0.39 is 0 Å². The summed E-state index contributed by atoms with van der Waals surface area (Å²) in [6.07, 6.45) is 2.41. The molecule has 2 heterocycles. The summed E-state index contributed by atoms with van der Waals surface area (Å²) in [4.78, 5) is 19.3. The van der Waals surface area contributed by atoms with Crippen LogP contribution in [0.4, 0.5) is 4.79 Å². The molecule has 1 atom stereocenters. The first-order chi connectivity index (χ1) is 13.2. The molecule has 2 amide bonds. The number of urea groups is 1. The van der Waals surface area contributed by atoms with Crippen LogP contribution in [0.5, 0.6) is 5.75 Å². The molecule has 0 saturated carbocycles. The largest absolute Gasteiger partial charge is 0.496 e. The lowest BCUT2D eigenvalue weighted by atomic mass is 10.1. The van der Waals surface area contributed by atoms with Crippen LogP contribution in [-0.4, -0.2) is 80.2 Å². The number of nitrogens with zero attached hydrogens (tertiary/aromatic N) is 3. The van der Waals surface area contributed by atoms with Crippen molar-refractivity contribution in [2.45, 2.75) is 26.3 Å². The number of piperazine rings is 1. The molecule has 1 unspecified atom stereocenters. The van der Waals surface area contributed by atoms with E-state index in [1.807, 2.05) is 23.1 Å². The minimum absolute atomic E-state index is 0.0980. The lowest BCUT2D eigenvalue weighted by molar-refractivity contribution is 0.134. The number of hydrogen-bond acceptors (Lipinski definition) is 4. The van der Waals surface area contributed by atoms with Gasteiger partial charge >= 0.3 is 6.03 Å². The minimum Gasteiger partial charge on any atom is -0.496 e. The van der Waals surface area contributed by atoms with Crippen molar-refractivity contribution in [1.82, 2.24) is 20.0 Å². The van der Waals surface area contributed by atoms with Crippen LogP contribution in [0, 0.1) is 5.92 Å². The van der Waals surface area contributed by atoms with E-state index >= 15 is 0 Å². The summed E-state index contributed by atoms with van der Waals surface area (Å²) in [7, 11) is 1.72. The number of hydrogen-bond donors (Lipinski definition) is 1. The van der Waals surface area contributed by atoms with Crippen LogP contribution in [0.1, 0.15) is 25.3 Å². The van der Waals surface area contributed by atoms with Gasteiger partial charge in [-0.2, -0.15) is 0 Å². The summed E-state index contributed by atoms with van der Waals surface area (Å²) < 4.78 is 5.45. The molecule has 0 aliphatic carbocycles. The standard InChI is InChI=1S/C21H34N4O2/c1-3-9-23-10-8-18(16-23)15-22-21(26)25-13-11-24(12-14-25)17-19-6-4-5-7-20(19)27-2/h4-7,18H,3,8-17H2,1-2H3,(H,22,26). The van der Waals surface area contributed by atoms with Crippen LogP contribution < -0.4 is 10.1 Å². The lowest BCUT2D eigenvalue weighted by Gasteiger charge is -2.35. The average molecular weight is 375 g/mol. The quantitative estimate of drug-likeness (QED) is 0.795. The van der Waals surface area contributed by atoms with Crippen LogP contribution >= 0.6 is 0 Å². The maximum absolute atomic E-state index is 12.5. The molecular formula is C21H34N4O2. The fourth-order valence-electron chi connectivity index (χ4n) is 4.13. The first-order valence-corrected chi connectivity index (χ1v) is 10.3. The second-order valence-electron chi connectivity index (χ2n) is 7.72. The molecule has 2 fully saturated rings. The van der Waals surface area contributed by atoms with Crippen LogP contribution in [-0.2, 0) is 6.54 Å². The number of amides is 2. The number of methoxy groups -OCH3 is 1. The van der Waals surface area contributed by atoms with Crippen LogP contribution in [0.2, 0.25) is 0 Å². The molecule has 2 aliphatic heterocycles. The number of carbonyl (C=O) groups excluding carboxylic acids is 1. The topological polar surface area (TPSA) is 48.1 Å². The third-order valence-corrected chi connectivity index (χ3v) is 5.70. The number of rotatable bonds is 7. The van der Waals surface area contributed by atoms with Gasteiger partial charge in [0.25, 0.3) is 0 Å². The highest BCUT2D eigenvalue weighted by molar-refractivity contribution is 5.74. The zero-order valence-corrected chi connectivity index (χ0v) is 16.8. The van der Waals surface area contributed by atoms with Gasteiger partial charge in [-0.05, 0) is 37.9 Å². The highest BCUT2D eigenvalue weighted by atomic mass is 16.5. The number of nitrogens with one attached hydrogen (secondary N) is 1. The lowest BCUT2D eigenvalue weighted by Crippen LogP contribution is -2.52. The molecule has 1 N–H and O–H groups in total. The molecule has 0 aromatic heterocycles. The summed E-state index contributed by atoms with van der Waals surface area (Å²) in [5.41, 5.74) is 1.20. The Labute approximate surface area is 163 Å². The Balaban J connectivity index is 1.38. The Morgan fingerprint density at radius 2 is 1.93 bits per heavy atom. The van der Waals surface area contributed by atoms with Gasteiger partial charge in [-0.3, -0.25) is 4.90 Å². The summed E-state index contributed by atoms with van der Waals surface area (Å²) in [6, 6.07) is 8.26. The van der Waals surface area contributed by atoms with Crippen molar-refractivity contribution in [2.75, 3.05) is 59.5 Å². The molecule has 27 heavy (non-hydrogen) atoms. The number of para-hydroxylation sites is 1. The Hall–Kier alpha value is -1.79. The molecule has 0 spiro atoms. The number of likely N-dealkylation sites (tertiary alicyclic amines) is 1. The molecule has 1 aromatic carbocycles.